The summed E-state index contributed by atoms with van der Waals surface area (Å²) in [5.74, 6) is -0.357. The quantitative estimate of drug-likeness (QED) is 0.405. The normalized spacial score (nSPS) is 20.5. The van der Waals surface area contributed by atoms with E-state index in [-0.39, 0.29) is 10.8 Å². The zero-order valence-corrected chi connectivity index (χ0v) is 9.28. The van der Waals surface area contributed by atoms with E-state index in [4.69, 9.17) is 0 Å². The van der Waals surface area contributed by atoms with E-state index >= 15 is 0 Å². The molecule has 7 nitrogen and oxygen atoms in total. The second-order valence-corrected chi connectivity index (χ2v) is 4.48. The molecule has 0 bridgehead atoms. The summed E-state index contributed by atoms with van der Waals surface area (Å²) >= 11 is 0. The van der Waals surface area contributed by atoms with E-state index in [1.807, 2.05) is 0 Å². The van der Waals surface area contributed by atoms with Crippen LogP contribution in [0.1, 0.15) is 33.1 Å². The highest BCUT2D eigenvalue weighted by molar-refractivity contribution is 6.04. The van der Waals surface area contributed by atoms with Gasteiger partial charge < -0.3 is 5.32 Å². The molecule has 0 aromatic heterocycles. The molecular weight excluding hydrogens is 214 g/mol. The lowest BCUT2D eigenvalue weighted by atomic mass is 9.96. The first-order valence-electron chi connectivity index (χ1n) is 5.09. The van der Waals surface area contributed by atoms with Gasteiger partial charge >= 0.3 is 6.03 Å². The predicted molar refractivity (Wildman–Crippen MR) is 55.4 cm³/mol. The molecular formula is C9H15N3O4. The van der Waals surface area contributed by atoms with E-state index < -0.39 is 17.6 Å². The molecule has 1 heterocycles. The smallest absolute Gasteiger partial charge is 0.322 e. The standard InChI is InChI=1S/C9H15N3O4/c1-9(2,12(15)16)5-3-4-6-7(13)11-8(14)10-6/h6H,3-5H2,1-2H3,(H2,10,11,13,14). The summed E-state index contributed by atoms with van der Waals surface area (Å²) in [6, 6.07) is -1.04. The van der Waals surface area contributed by atoms with Crippen LogP contribution >= 0.6 is 0 Å². The highest BCUT2D eigenvalue weighted by Gasteiger charge is 2.33. The number of imide groups is 1. The van der Waals surface area contributed by atoms with Crippen molar-refractivity contribution in [3.05, 3.63) is 10.1 Å². The van der Waals surface area contributed by atoms with E-state index in [0.717, 1.165) is 0 Å². The summed E-state index contributed by atoms with van der Waals surface area (Å²) in [6.45, 7) is 3.08. The van der Waals surface area contributed by atoms with Crippen LogP contribution in [0.5, 0.6) is 0 Å². The van der Waals surface area contributed by atoms with Crippen molar-refractivity contribution in [2.75, 3.05) is 0 Å². The highest BCUT2D eigenvalue weighted by atomic mass is 16.6. The molecule has 1 fully saturated rings. The fraction of sp³-hybridized carbons (Fsp3) is 0.778. The molecule has 90 valence electrons. The zero-order valence-electron chi connectivity index (χ0n) is 9.28. The summed E-state index contributed by atoms with van der Waals surface area (Å²) in [5.41, 5.74) is -0.987. The predicted octanol–water partition coefficient (Wildman–Crippen LogP) is 0.420. The number of hydrogen-bond donors (Lipinski definition) is 2. The van der Waals surface area contributed by atoms with Gasteiger partial charge in [0.25, 0.3) is 5.91 Å². The van der Waals surface area contributed by atoms with Crippen LogP contribution in [-0.2, 0) is 4.79 Å². The van der Waals surface area contributed by atoms with E-state index in [2.05, 4.69) is 10.6 Å². The SMILES string of the molecule is CC(C)(CCCC1NC(=O)NC1=O)[N+](=O)[O-]. The third-order valence-electron chi connectivity index (χ3n) is 2.63. The number of urea groups is 1. The van der Waals surface area contributed by atoms with Crippen LogP contribution < -0.4 is 10.6 Å². The van der Waals surface area contributed by atoms with Gasteiger partial charge in [-0.15, -0.1) is 0 Å². The van der Waals surface area contributed by atoms with E-state index in [0.29, 0.717) is 19.3 Å². The first-order valence-corrected chi connectivity index (χ1v) is 5.09. The van der Waals surface area contributed by atoms with Crippen molar-refractivity contribution in [2.45, 2.75) is 44.7 Å². The molecule has 1 aliphatic rings. The average molecular weight is 229 g/mol. The summed E-state index contributed by atoms with van der Waals surface area (Å²) in [7, 11) is 0. The molecule has 0 radical (unpaired) electrons. The molecule has 0 aromatic rings. The maximum atomic E-state index is 11.1. The average Bonchev–Trinajstić information content (AvgIpc) is 2.44. The van der Waals surface area contributed by atoms with Crippen molar-refractivity contribution >= 4 is 11.9 Å². The minimum absolute atomic E-state index is 0.333. The minimum Gasteiger partial charge on any atom is -0.326 e. The number of carbonyl (C=O) groups is 2. The third kappa shape index (κ3) is 2.91. The van der Waals surface area contributed by atoms with Gasteiger partial charge in [-0.05, 0) is 12.8 Å². The van der Waals surface area contributed by atoms with Crippen LogP contribution in [0.2, 0.25) is 0 Å². The van der Waals surface area contributed by atoms with Crippen LogP contribution in [0.25, 0.3) is 0 Å². The van der Waals surface area contributed by atoms with Crippen LogP contribution in [0.3, 0.4) is 0 Å². The second-order valence-electron chi connectivity index (χ2n) is 4.48. The van der Waals surface area contributed by atoms with Crippen molar-refractivity contribution in [2.24, 2.45) is 0 Å². The number of carbonyl (C=O) groups excluding carboxylic acids is 2. The van der Waals surface area contributed by atoms with Crippen LogP contribution in [0.4, 0.5) is 4.79 Å². The summed E-state index contributed by atoms with van der Waals surface area (Å²) in [5, 5.41) is 15.2. The molecule has 1 rings (SSSR count). The largest absolute Gasteiger partial charge is 0.326 e. The van der Waals surface area contributed by atoms with Gasteiger partial charge in [-0.3, -0.25) is 20.2 Å². The number of amides is 3. The molecule has 1 saturated heterocycles. The second kappa shape index (κ2) is 4.46. The summed E-state index contributed by atoms with van der Waals surface area (Å²) < 4.78 is 0. The Hall–Kier alpha value is -1.66. The number of hydrogen-bond acceptors (Lipinski definition) is 4. The van der Waals surface area contributed by atoms with E-state index in [1.54, 1.807) is 13.8 Å². The summed E-state index contributed by atoms with van der Waals surface area (Å²) in [4.78, 5) is 32.2. The maximum Gasteiger partial charge on any atom is 0.322 e. The first-order chi connectivity index (χ1) is 7.33. The first kappa shape index (κ1) is 12.4. The lowest BCUT2D eigenvalue weighted by Gasteiger charge is -2.15. The zero-order chi connectivity index (χ0) is 12.3. The monoisotopic (exact) mass is 229 g/mol. The van der Waals surface area contributed by atoms with Gasteiger partial charge in [-0.25, -0.2) is 4.79 Å². The van der Waals surface area contributed by atoms with Crippen molar-refractivity contribution in [3.63, 3.8) is 0 Å². The number of nitrogens with zero attached hydrogens (tertiary/aromatic N) is 1. The maximum absolute atomic E-state index is 11.1. The Kier molecular flexibility index (Phi) is 3.46. The highest BCUT2D eigenvalue weighted by Crippen LogP contribution is 2.18. The molecule has 2 N–H and O–H groups in total. The van der Waals surface area contributed by atoms with Gasteiger partial charge in [0.2, 0.25) is 5.54 Å². The molecule has 0 spiro atoms. The lowest BCUT2D eigenvalue weighted by molar-refractivity contribution is -0.561. The molecule has 7 heteroatoms. The van der Waals surface area contributed by atoms with Gasteiger partial charge in [0, 0.05) is 25.2 Å². The Morgan fingerprint density at radius 3 is 2.50 bits per heavy atom. The molecule has 1 unspecified atom stereocenters. The van der Waals surface area contributed by atoms with Crippen molar-refractivity contribution in [1.82, 2.24) is 10.6 Å². The molecule has 0 aliphatic carbocycles. The van der Waals surface area contributed by atoms with E-state index in [9.17, 15) is 19.7 Å². The third-order valence-corrected chi connectivity index (χ3v) is 2.63. The Labute approximate surface area is 92.7 Å². The van der Waals surface area contributed by atoms with Gasteiger partial charge in [-0.2, -0.15) is 0 Å². The van der Waals surface area contributed by atoms with Crippen molar-refractivity contribution < 1.29 is 14.5 Å². The Bertz CT molecular complexity index is 327. The minimum atomic E-state index is -0.987. The number of rotatable bonds is 5. The molecule has 0 saturated carbocycles. The fourth-order valence-corrected chi connectivity index (χ4v) is 1.49. The van der Waals surface area contributed by atoms with Crippen molar-refractivity contribution in [3.8, 4) is 0 Å². The molecule has 16 heavy (non-hydrogen) atoms. The molecule has 1 atom stereocenters. The molecule has 0 aromatic carbocycles. The molecule has 1 aliphatic heterocycles. The Morgan fingerprint density at radius 2 is 2.06 bits per heavy atom. The van der Waals surface area contributed by atoms with Gasteiger partial charge in [0.15, 0.2) is 0 Å². The lowest BCUT2D eigenvalue weighted by Crippen LogP contribution is -2.33. The number of nitro groups is 1. The van der Waals surface area contributed by atoms with Gasteiger partial charge in [-0.1, -0.05) is 0 Å². The van der Waals surface area contributed by atoms with Crippen LogP contribution in [0, 0.1) is 10.1 Å². The fourth-order valence-electron chi connectivity index (χ4n) is 1.49. The Balaban J connectivity index is 2.34. The van der Waals surface area contributed by atoms with Crippen LogP contribution in [0.15, 0.2) is 0 Å². The number of nitrogens with one attached hydrogen (secondary N) is 2. The van der Waals surface area contributed by atoms with Gasteiger partial charge in [0.05, 0.1) is 0 Å². The van der Waals surface area contributed by atoms with Crippen molar-refractivity contribution in [1.29, 1.82) is 0 Å². The Morgan fingerprint density at radius 1 is 1.44 bits per heavy atom. The van der Waals surface area contributed by atoms with E-state index in [1.165, 1.54) is 0 Å². The summed E-state index contributed by atoms with van der Waals surface area (Å²) in [6.07, 6.45) is 1.32. The van der Waals surface area contributed by atoms with Gasteiger partial charge in [0.1, 0.15) is 6.04 Å². The molecule has 3 amide bonds. The topological polar surface area (TPSA) is 101 Å². The van der Waals surface area contributed by atoms with Crippen LogP contribution in [-0.4, -0.2) is 28.4 Å².